The average molecular weight is 381 g/mol. The van der Waals surface area contributed by atoms with Crippen molar-refractivity contribution in [2.24, 2.45) is 0 Å². The van der Waals surface area contributed by atoms with Crippen molar-refractivity contribution in [1.82, 2.24) is 0 Å². The molecule has 1 amide bonds. The van der Waals surface area contributed by atoms with Crippen LogP contribution < -0.4 is 10.1 Å². The van der Waals surface area contributed by atoms with Gasteiger partial charge in [-0.1, -0.05) is 39.0 Å². The molecule has 5 heteroatoms. The number of rotatable bonds is 6. The highest BCUT2D eigenvalue weighted by molar-refractivity contribution is 5.92. The first-order chi connectivity index (χ1) is 13.3. The van der Waals surface area contributed by atoms with Crippen LogP contribution in [0.25, 0.3) is 0 Å². The van der Waals surface area contributed by atoms with Crippen molar-refractivity contribution in [3.05, 3.63) is 59.2 Å². The van der Waals surface area contributed by atoms with Crippen molar-refractivity contribution >= 4 is 17.6 Å². The van der Waals surface area contributed by atoms with E-state index in [-0.39, 0.29) is 24.5 Å². The Hall–Kier alpha value is -2.82. The van der Waals surface area contributed by atoms with E-state index in [1.807, 2.05) is 42.5 Å². The van der Waals surface area contributed by atoms with E-state index in [1.54, 1.807) is 0 Å². The first kappa shape index (κ1) is 19.9. The van der Waals surface area contributed by atoms with Gasteiger partial charge >= 0.3 is 5.97 Å². The predicted octanol–water partition coefficient (Wildman–Crippen LogP) is 4.03. The molecule has 0 saturated heterocycles. The van der Waals surface area contributed by atoms with Crippen LogP contribution in [-0.4, -0.2) is 25.1 Å². The number of aryl methyl sites for hydroxylation is 2. The summed E-state index contributed by atoms with van der Waals surface area (Å²) in [4.78, 5) is 23.8. The Morgan fingerprint density at radius 1 is 0.964 bits per heavy atom. The summed E-state index contributed by atoms with van der Waals surface area (Å²) in [6.07, 6.45) is 3.31. The van der Waals surface area contributed by atoms with Gasteiger partial charge in [-0.05, 0) is 65.6 Å². The molecule has 28 heavy (non-hydrogen) atoms. The molecule has 2 aromatic rings. The number of amides is 1. The van der Waals surface area contributed by atoms with Crippen LogP contribution >= 0.6 is 0 Å². The average Bonchev–Trinajstić information content (AvgIpc) is 3.12. The van der Waals surface area contributed by atoms with E-state index < -0.39 is 5.97 Å². The maximum atomic E-state index is 12.0. The van der Waals surface area contributed by atoms with Crippen LogP contribution in [0.4, 0.5) is 5.69 Å². The van der Waals surface area contributed by atoms with Gasteiger partial charge in [0.25, 0.3) is 5.91 Å². The quantitative estimate of drug-likeness (QED) is 0.767. The highest BCUT2D eigenvalue weighted by Crippen LogP contribution is 2.26. The molecule has 0 fully saturated rings. The van der Waals surface area contributed by atoms with Crippen molar-refractivity contribution in [2.75, 3.05) is 18.5 Å². The summed E-state index contributed by atoms with van der Waals surface area (Å²) in [5, 5.41) is 2.72. The van der Waals surface area contributed by atoms with E-state index in [4.69, 9.17) is 9.47 Å². The van der Waals surface area contributed by atoms with Gasteiger partial charge in [0.1, 0.15) is 5.75 Å². The molecule has 148 valence electrons. The van der Waals surface area contributed by atoms with Gasteiger partial charge < -0.3 is 14.8 Å². The van der Waals surface area contributed by atoms with Gasteiger partial charge in [-0.15, -0.1) is 0 Å². The Labute approximate surface area is 166 Å². The van der Waals surface area contributed by atoms with Crippen molar-refractivity contribution in [2.45, 2.75) is 45.4 Å². The van der Waals surface area contributed by atoms with Gasteiger partial charge in [-0.3, -0.25) is 4.79 Å². The molecule has 2 aromatic carbocycles. The van der Waals surface area contributed by atoms with Gasteiger partial charge in [0, 0.05) is 5.69 Å². The molecule has 1 N–H and O–H groups in total. The van der Waals surface area contributed by atoms with Crippen molar-refractivity contribution < 1.29 is 19.1 Å². The smallest absolute Gasteiger partial charge is 0.344 e. The zero-order valence-corrected chi connectivity index (χ0v) is 16.7. The Balaban J connectivity index is 1.41. The number of esters is 1. The minimum atomic E-state index is -0.571. The molecule has 0 aromatic heterocycles. The molecule has 1 aliphatic carbocycles. The van der Waals surface area contributed by atoms with Crippen LogP contribution in [0.2, 0.25) is 0 Å². The summed E-state index contributed by atoms with van der Waals surface area (Å²) in [6.45, 7) is 5.83. The van der Waals surface area contributed by atoms with Crippen LogP contribution in [0.3, 0.4) is 0 Å². The molecule has 0 bridgehead atoms. The lowest BCUT2D eigenvalue weighted by atomic mass is 9.87. The number of carbonyl (C=O) groups is 2. The zero-order valence-electron chi connectivity index (χ0n) is 16.7. The Morgan fingerprint density at radius 2 is 1.68 bits per heavy atom. The van der Waals surface area contributed by atoms with E-state index in [2.05, 4.69) is 26.1 Å². The minimum absolute atomic E-state index is 0.0525. The Morgan fingerprint density at radius 3 is 2.39 bits per heavy atom. The summed E-state index contributed by atoms with van der Waals surface area (Å²) in [7, 11) is 0. The van der Waals surface area contributed by atoms with Crippen LogP contribution in [0, 0.1) is 0 Å². The summed E-state index contributed by atoms with van der Waals surface area (Å²) in [6, 6.07) is 13.5. The highest BCUT2D eigenvalue weighted by atomic mass is 16.6. The first-order valence-corrected chi connectivity index (χ1v) is 9.62. The largest absolute Gasteiger partial charge is 0.482 e. The lowest BCUT2D eigenvalue weighted by molar-refractivity contribution is -0.149. The van der Waals surface area contributed by atoms with E-state index in [0.29, 0.717) is 11.4 Å². The zero-order chi connectivity index (χ0) is 20.1. The van der Waals surface area contributed by atoms with E-state index in [9.17, 15) is 9.59 Å². The molecule has 0 heterocycles. The van der Waals surface area contributed by atoms with Crippen molar-refractivity contribution in [3.63, 3.8) is 0 Å². The van der Waals surface area contributed by atoms with Crippen molar-refractivity contribution in [3.8, 4) is 5.75 Å². The third-order valence-corrected chi connectivity index (χ3v) is 4.83. The second kappa shape index (κ2) is 8.46. The summed E-state index contributed by atoms with van der Waals surface area (Å²) < 4.78 is 10.5. The fourth-order valence-electron chi connectivity index (χ4n) is 3.22. The van der Waals surface area contributed by atoms with Crippen LogP contribution in [0.1, 0.15) is 43.9 Å². The fraction of sp³-hybridized carbons (Fsp3) is 0.391. The molecular formula is C23H27NO4. The molecule has 1 aliphatic rings. The third kappa shape index (κ3) is 5.35. The Kier molecular flexibility index (Phi) is 6.02. The van der Waals surface area contributed by atoms with Gasteiger partial charge in [-0.25, -0.2) is 4.79 Å². The molecule has 0 saturated carbocycles. The monoisotopic (exact) mass is 381 g/mol. The van der Waals surface area contributed by atoms with E-state index in [1.165, 1.54) is 16.7 Å². The SMILES string of the molecule is CC(C)(C)c1ccc(NC(=O)COC(=O)COc2ccc3c(c2)CCC3)cc1. The number of ether oxygens (including phenoxy) is 2. The van der Waals surface area contributed by atoms with Gasteiger partial charge in [0.05, 0.1) is 0 Å². The molecule has 0 radical (unpaired) electrons. The molecule has 0 aliphatic heterocycles. The third-order valence-electron chi connectivity index (χ3n) is 4.83. The summed E-state index contributed by atoms with van der Waals surface area (Å²) in [5.41, 5.74) is 4.53. The first-order valence-electron chi connectivity index (χ1n) is 9.62. The fourth-order valence-corrected chi connectivity index (χ4v) is 3.22. The highest BCUT2D eigenvalue weighted by Gasteiger charge is 2.14. The second-order valence-electron chi connectivity index (χ2n) is 8.11. The minimum Gasteiger partial charge on any atom is -0.482 e. The van der Waals surface area contributed by atoms with Crippen LogP contribution in [0.5, 0.6) is 5.75 Å². The van der Waals surface area contributed by atoms with E-state index >= 15 is 0 Å². The van der Waals surface area contributed by atoms with Crippen LogP contribution in [0.15, 0.2) is 42.5 Å². The second-order valence-corrected chi connectivity index (χ2v) is 8.11. The van der Waals surface area contributed by atoms with Crippen LogP contribution in [-0.2, 0) is 32.6 Å². The number of hydrogen-bond donors (Lipinski definition) is 1. The Bertz CT molecular complexity index is 850. The van der Waals surface area contributed by atoms with E-state index in [0.717, 1.165) is 19.3 Å². The molecule has 5 nitrogen and oxygen atoms in total. The lowest BCUT2D eigenvalue weighted by Crippen LogP contribution is -2.23. The van der Waals surface area contributed by atoms with Gasteiger partial charge in [0.2, 0.25) is 0 Å². The molecule has 3 rings (SSSR count). The molecule has 0 spiro atoms. The van der Waals surface area contributed by atoms with Crippen molar-refractivity contribution in [1.29, 1.82) is 0 Å². The topological polar surface area (TPSA) is 64.6 Å². The van der Waals surface area contributed by atoms with Gasteiger partial charge in [-0.2, -0.15) is 0 Å². The standard InChI is InChI=1S/C23H27NO4/c1-23(2,3)18-8-10-19(11-9-18)24-21(25)14-28-22(26)15-27-20-12-7-16-5-4-6-17(16)13-20/h7-13H,4-6,14-15H2,1-3H3,(H,24,25). The lowest BCUT2D eigenvalue weighted by Gasteiger charge is -2.19. The number of fused-ring (bicyclic) bond motifs is 1. The number of hydrogen-bond acceptors (Lipinski definition) is 4. The van der Waals surface area contributed by atoms with Gasteiger partial charge in [0.15, 0.2) is 13.2 Å². The summed E-state index contributed by atoms with van der Waals surface area (Å²) >= 11 is 0. The maximum absolute atomic E-state index is 12.0. The predicted molar refractivity (Wildman–Crippen MR) is 109 cm³/mol. The summed E-state index contributed by atoms with van der Waals surface area (Å²) in [5.74, 6) is -0.297. The number of carbonyl (C=O) groups excluding carboxylic acids is 2. The molecule has 0 unspecified atom stereocenters. The maximum Gasteiger partial charge on any atom is 0.344 e. The normalized spacial score (nSPS) is 13.0. The number of anilines is 1. The molecule has 0 atom stereocenters. The number of benzene rings is 2. The number of nitrogens with one attached hydrogen (secondary N) is 1. The molecular weight excluding hydrogens is 354 g/mol.